The average molecular weight is 362 g/mol. The number of nitriles is 1. The third kappa shape index (κ3) is 4.12. The van der Waals surface area contributed by atoms with Crippen molar-refractivity contribution < 1.29 is 4.79 Å². The van der Waals surface area contributed by atoms with Gasteiger partial charge in [-0.2, -0.15) is 5.26 Å². The number of hydrogen-bond acceptors (Lipinski definition) is 4. The highest BCUT2D eigenvalue weighted by Crippen LogP contribution is 2.24. The number of para-hydroxylation sites is 1. The molecule has 1 aliphatic rings. The maximum absolute atomic E-state index is 12.7. The third-order valence-corrected chi connectivity index (χ3v) is 5.46. The SMILES string of the molecule is Cc1cccc(N2CCN([C@@H](C)C(=O)Nc3ccccc3C#N)CC2)c1C. The number of carbonyl (C=O) groups is 1. The van der Waals surface area contributed by atoms with Crippen LogP contribution < -0.4 is 10.2 Å². The molecule has 2 aromatic carbocycles. The fraction of sp³-hybridized carbons (Fsp3) is 0.364. The van der Waals surface area contributed by atoms with Gasteiger partial charge in [0.15, 0.2) is 0 Å². The van der Waals surface area contributed by atoms with Gasteiger partial charge in [0.05, 0.1) is 17.3 Å². The van der Waals surface area contributed by atoms with Crippen LogP contribution in [0.15, 0.2) is 42.5 Å². The van der Waals surface area contributed by atoms with Gasteiger partial charge in [-0.3, -0.25) is 9.69 Å². The zero-order valence-electron chi connectivity index (χ0n) is 16.2. The second kappa shape index (κ2) is 8.24. The molecule has 0 unspecified atom stereocenters. The summed E-state index contributed by atoms with van der Waals surface area (Å²) in [6.45, 7) is 9.70. The van der Waals surface area contributed by atoms with Crippen molar-refractivity contribution in [3.05, 3.63) is 59.2 Å². The Bertz CT molecular complexity index is 863. The van der Waals surface area contributed by atoms with E-state index in [4.69, 9.17) is 0 Å². The molecule has 1 atom stereocenters. The van der Waals surface area contributed by atoms with Crippen LogP contribution in [-0.2, 0) is 4.79 Å². The molecule has 1 saturated heterocycles. The minimum absolute atomic E-state index is 0.0714. The van der Waals surface area contributed by atoms with Crippen molar-refractivity contribution >= 4 is 17.3 Å². The average Bonchev–Trinajstić information content (AvgIpc) is 2.70. The normalized spacial score (nSPS) is 15.9. The van der Waals surface area contributed by atoms with Crippen LogP contribution >= 0.6 is 0 Å². The highest BCUT2D eigenvalue weighted by Gasteiger charge is 2.26. The Hall–Kier alpha value is -2.84. The summed E-state index contributed by atoms with van der Waals surface area (Å²) in [5.41, 5.74) is 4.97. The second-order valence-corrected chi connectivity index (χ2v) is 7.06. The van der Waals surface area contributed by atoms with Crippen LogP contribution in [0.1, 0.15) is 23.6 Å². The van der Waals surface area contributed by atoms with E-state index in [1.165, 1.54) is 16.8 Å². The van der Waals surface area contributed by atoms with Crippen LogP contribution in [0.25, 0.3) is 0 Å². The third-order valence-electron chi connectivity index (χ3n) is 5.46. The summed E-state index contributed by atoms with van der Waals surface area (Å²) in [6, 6.07) is 15.4. The summed E-state index contributed by atoms with van der Waals surface area (Å²) in [5.74, 6) is -0.0714. The first-order valence-corrected chi connectivity index (χ1v) is 9.36. The van der Waals surface area contributed by atoms with Gasteiger partial charge in [-0.25, -0.2) is 0 Å². The Morgan fingerprint density at radius 2 is 1.78 bits per heavy atom. The molecule has 2 aromatic rings. The van der Waals surface area contributed by atoms with Crippen molar-refractivity contribution in [3.8, 4) is 6.07 Å². The van der Waals surface area contributed by atoms with Crippen LogP contribution in [0.4, 0.5) is 11.4 Å². The predicted molar refractivity (Wildman–Crippen MR) is 109 cm³/mol. The van der Waals surface area contributed by atoms with E-state index in [9.17, 15) is 10.1 Å². The molecular weight excluding hydrogens is 336 g/mol. The Labute approximate surface area is 161 Å². The van der Waals surface area contributed by atoms with E-state index >= 15 is 0 Å². The minimum atomic E-state index is -0.238. The molecule has 1 heterocycles. The van der Waals surface area contributed by atoms with Gasteiger partial charge >= 0.3 is 0 Å². The summed E-state index contributed by atoms with van der Waals surface area (Å²) >= 11 is 0. The largest absolute Gasteiger partial charge is 0.369 e. The highest BCUT2D eigenvalue weighted by molar-refractivity contribution is 5.95. The summed E-state index contributed by atoms with van der Waals surface area (Å²) in [6.07, 6.45) is 0. The summed E-state index contributed by atoms with van der Waals surface area (Å²) in [5, 5.41) is 12.1. The molecule has 0 saturated carbocycles. The molecule has 5 heteroatoms. The number of rotatable bonds is 4. The van der Waals surface area contributed by atoms with E-state index in [-0.39, 0.29) is 11.9 Å². The first-order chi connectivity index (χ1) is 13.0. The van der Waals surface area contributed by atoms with Gasteiger partial charge in [0.2, 0.25) is 5.91 Å². The molecule has 1 amide bonds. The number of nitrogens with zero attached hydrogens (tertiary/aromatic N) is 3. The Morgan fingerprint density at radius 3 is 2.48 bits per heavy atom. The molecule has 1 aliphatic heterocycles. The lowest BCUT2D eigenvalue weighted by Gasteiger charge is -2.39. The maximum atomic E-state index is 12.7. The topological polar surface area (TPSA) is 59.4 Å². The number of piperazine rings is 1. The molecular formula is C22H26N4O. The van der Waals surface area contributed by atoms with E-state index in [1.807, 2.05) is 13.0 Å². The van der Waals surface area contributed by atoms with Crippen molar-refractivity contribution in [2.45, 2.75) is 26.8 Å². The van der Waals surface area contributed by atoms with E-state index in [0.717, 1.165) is 26.2 Å². The lowest BCUT2D eigenvalue weighted by Crippen LogP contribution is -2.53. The van der Waals surface area contributed by atoms with Gasteiger partial charge in [-0.1, -0.05) is 24.3 Å². The lowest BCUT2D eigenvalue weighted by atomic mass is 10.1. The highest BCUT2D eigenvalue weighted by atomic mass is 16.2. The molecule has 1 N–H and O–H groups in total. The molecule has 5 nitrogen and oxygen atoms in total. The predicted octanol–water partition coefficient (Wildman–Crippen LogP) is 3.32. The standard InChI is InChI=1S/C22H26N4O/c1-16-7-6-10-21(17(16)2)26-13-11-25(12-14-26)18(3)22(27)24-20-9-5-4-8-19(20)15-23/h4-10,18H,11-14H2,1-3H3,(H,24,27)/t18-/m0/s1. The monoisotopic (exact) mass is 362 g/mol. The maximum Gasteiger partial charge on any atom is 0.241 e. The molecule has 27 heavy (non-hydrogen) atoms. The first-order valence-electron chi connectivity index (χ1n) is 9.36. The van der Waals surface area contributed by atoms with E-state index in [0.29, 0.717) is 11.3 Å². The van der Waals surface area contributed by atoms with Crippen molar-refractivity contribution in [2.75, 3.05) is 36.4 Å². The van der Waals surface area contributed by atoms with Crippen LogP contribution in [0.3, 0.4) is 0 Å². The van der Waals surface area contributed by atoms with Gasteiger partial charge in [0.25, 0.3) is 0 Å². The van der Waals surface area contributed by atoms with Gasteiger partial charge < -0.3 is 10.2 Å². The summed E-state index contributed by atoms with van der Waals surface area (Å²) in [4.78, 5) is 17.3. The molecule has 1 fully saturated rings. The molecule has 3 rings (SSSR count). The number of amides is 1. The Balaban J connectivity index is 1.61. The number of carbonyl (C=O) groups excluding carboxylic acids is 1. The van der Waals surface area contributed by atoms with Gasteiger partial charge in [-0.05, 0) is 50.1 Å². The van der Waals surface area contributed by atoms with Crippen LogP contribution in [0.5, 0.6) is 0 Å². The van der Waals surface area contributed by atoms with Gasteiger partial charge in [0.1, 0.15) is 6.07 Å². The van der Waals surface area contributed by atoms with Crippen LogP contribution in [-0.4, -0.2) is 43.0 Å². The first kappa shape index (κ1) is 18.9. The van der Waals surface area contributed by atoms with E-state index < -0.39 is 0 Å². The fourth-order valence-electron chi connectivity index (χ4n) is 3.52. The fourth-order valence-corrected chi connectivity index (χ4v) is 3.52. The van der Waals surface area contributed by atoms with Crippen LogP contribution in [0, 0.1) is 25.2 Å². The number of nitrogens with one attached hydrogen (secondary N) is 1. The van der Waals surface area contributed by atoms with Crippen molar-refractivity contribution in [1.82, 2.24) is 4.90 Å². The molecule has 0 bridgehead atoms. The zero-order chi connectivity index (χ0) is 19.4. The zero-order valence-corrected chi connectivity index (χ0v) is 16.2. The number of benzene rings is 2. The van der Waals surface area contributed by atoms with Crippen molar-refractivity contribution in [2.24, 2.45) is 0 Å². The quantitative estimate of drug-likeness (QED) is 0.906. The second-order valence-electron chi connectivity index (χ2n) is 7.06. The molecule has 0 aromatic heterocycles. The van der Waals surface area contributed by atoms with Crippen LogP contribution in [0.2, 0.25) is 0 Å². The molecule has 0 aliphatic carbocycles. The summed E-state index contributed by atoms with van der Waals surface area (Å²) < 4.78 is 0. The lowest BCUT2D eigenvalue weighted by molar-refractivity contribution is -0.120. The van der Waals surface area contributed by atoms with E-state index in [1.54, 1.807) is 18.2 Å². The molecule has 0 spiro atoms. The van der Waals surface area contributed by atoms with Gasteiger partial charge in [0, 0.05) is 31.9 Å². The van der Waals surface area contributed by atoms with Crippen molar-refractivity contribution in [3.63, 3.8) is 0 Å². The minimum Gasteiger partial charge on any atom is -0.369 e. The van der Waals surface area contributed by atoms with Crippen molar-refractivity contribution in [1.29, 1.82) is 5.26 Å². The number of hydrogen-bond donors (Lipinski definition) is 1. The Kier molecular flexibility index (Phi) is 5.78. The Morgan fingerprint density at radius 1 is 1.07 bits per heavy atom. The number of anilines is 2. The molecule has 0 radical (unpaired) electrons. The summed E-state index contributed by atoms with van der Waals surface area (Å²) in [7, 11) is 0. The van der Waals surface area contributed by atoms with E-state index in [2.05, 4.69) is 53.2 Å². The van der Waals surface area contributed by atoms with Gasteiger partial charge in [-0.15, -0.1) is 0 Å². The smallest absolute Gasteiger partial charge is 0.241 e. The number of aryl methyl sites for hydroxylation is 1. The molecule has 140 valence electrons.